The highest BCUT2D eigenvalue weighted by atomic mass is 33.1. The zero-order chi connectivity index (χ0) is 30.2. The standard InChI is InChI=1S/C26H21F9O3S2/c1-22(2,21(17-9-5-3-6-10-17)18-11-7-4-8-12-18)19-13-15-20(16-14-19)39-40(36,37)38-26(34,35)24(29,30)23(27,28)25(31,32)33/h3-16,21H,1-2H3. The van der Waals surface area contributed by atoms with Gasteiger partial charge in [0.1, 0.15) is 0 Å². The summed E-state index contributed by atoms with van der Waals surface area (Å²) in [5.74, 6) is -14.7. The average molecular weight is 617 g/mol. The first kappa shape index (κ1) is 31.8. The molecule has 0 saturated carbocycles. The van der Waals surface area contributed by atoms with E-state index in [-0.39, 0.29) is 10.8 Å². The SMILES string of the molecule is CC(C)(c1ccc(SS(=O)(=O)OC(F)(F)C(F)(F)C(F)(F)C(F)(F)F)cc1)C(c1ccccc1)c1ccccc1. The predicted molar refractivity (Wildman–Crippen MR) is 131 cm³/mol. The van der Waals surface area contributed by atoms with Gasteiger partial charge in [0.15, 0.2) is 0 Å². The van der Waals surface area contributed by atoms with E-state index in [1.807, 2.05) is 74.5 Å². The normalized spacial score (nSPS) is 14.0. The molecule has 3 aromatic rings. The fourth-order valence-corrected chi connectivity index (χ4v) is 6.38. The van der Waals surface area contributed by atoms with E-state index in [4.69, 9.17) is 0 Å². The Kier molecular flexibility index (Phi) is 8.70. The van der Waals surface area contributed by atoms with Gasteiger partial charge < -0.3 is 0 Å². The molecule has 0 N–H and O–H groups in total. The molecule has 0 radical (unpaired) electrons. The molecule has 3 rings (SSSR count). The van der Waals surface area contributed by atoms with Crippen LogP contribution in [-0.2, 0) is 18.7 Å². The Morgan fingerprint density at radius 3 is 1.48 bits per heavy atom. The molecule has 0 fully saturated rings. The Balaban J connectivity index is 1.87. The van der Waals surface area contributed by atoms with E-state index >= 15 is 0 Å². The smallest absolute Gasteiger partial charge is 0.189 e. The summed E-state index contributed by atoms with van der Waals surface area (Å²) in [4.78, 5) is -0.350. The Bertz CT molecular complexity index is 1350. The maximum Gasteiger partial charge on any atom is 0.460 e. The highest BCUT2D eigenvalue weighted by Gasteiger charge is 2.83. The van der Waals surface area contributed by atoms with E-state index in [2.05, 4.69) is 4.18 Å². The molecule has 40 heavy (non-hydrogen) atoms. The van der Waals surface area contributed by atoms with Crippen LogP contribution in [0.5, 0.6) is 0 Å². The van der Waals surface area contributed by atoms with Crippen molar-refractivity contribution in [2.45, 2.75) is 54.2 Å². The van der Waals surface area contributed by atoms with Crippen LogP contribution in [0.2, 0.25) is 0 Å². The van der Waals surface area contributed by atoms with E-state index < -0.39 is 49.5 Å². The van der Waals surface area contributed by atoms with Gasteiger partial charge in [-0.05, 0) is 28.8 Å². The van der Waals surface area contributed by atoms with Crippen LogP contribution < -0.4 is 0 Å². The molecule has 3 nitrogen and oxygen atoms in total. The summed E-state index contributed by atoms with van der Waals surface area (Å²) < 4.78 is 144. The lowest BCUT2D eigenvalue weighted by atomic mass is 9.67. The molecule has 0 aliphatic rings. The number of rotatable bonds is 10. The Morgan fingerprint density at radius 2 is 1.07 bits per heavy atom. The molecule has 0 aliphatic heterocycles. The lowest BCUT2D eigenvalue weighted by Crippen LogP contribution is -2.61. The van der Waals surface area contributed by atoms with Gasteiger partial charge in [0, 0.05) is 27.0 Å². The summed E-state index contributed by atoms with van der Waals surface area (Å²) in [5, 5.41) is 0. The summed E-state index contributed by atoms with van der Waals surface area (Å²) in [7, 11) is -6.41. The van der Waals surface area contributed by atoms with Crippen LogP contribution >= 0.6 is 10.8 Å². The van der Waals surface area contributed by atoms with Gasteiger partial charge in [-0.2, -0.15) is 52.1 Å². The highest BCUT2D eigenvalue weighted by Crippen LogP contribution is 2.54. The van der Waals surface area contributed by atoms with Crippen molar-refractivity contribution >= 4 is 19.9 Å². The number of hydrogen-bond acceptors (Lipinski definition) is 4. The number of hydrogen-bond donors (Lipinski definition) is 0. The molecule has 14 heteroatoms. The molecule has 0 aromatic heterocycles. The quantitative estimate of drug-likeness (QED) is 0.169. The fourth-order valence-electron chi connectivity index (χ4n) is 4.10. The molecule has 3 aromatic carbocycles. The minimum absolute atomic E-state index is 0.211. The van der Waals surface area contributed by atoms with Crippen molar-refractivity contribution in [2.75, 3.05) is 0 Å². The van der Waals surface area contributed by atoms with Crippen molar-refractivity contribution in [3.05, 3.63) is 102 Å². The second kappa shape index (κ2) is 10.9. The lowest BCUT2D eigenvalue weighted by Gasteiger charge is -2.36. The summed E-state index contributed by atoms with van der Waals surface area (Å²) in [6.07, 6.45) is -13.8. The molecule has 0 unspecified atom stereocenters. The van der Waals surface area contributed by atoms with Crippen molar-refractivity contribution < 1.29 is 52.1 Å². The van der Waals surface area contributed by atoms with Gasteiger partial charge >= 0.3 is 33.3 Å². The van der Waals surface area contributed by atoms with E-state index in [0.29, 0.717) is 5.56 Å². The Morgan fingerprint density at radius 1 is 0.650 bits per heavy atom. The molecular formula is C26H21F9O3S2. The molecule has 0 bridgehead atoms. The third-order valence-electron chi connectivity index (χ3n) is 6.11. The maximum atomic E-state index is 13.7. The largest absolute Gasteiger partial charge is 0.460 e. The van der Waals surface area contributed by atoms with E-state index in [1.54, 1.807) is 0 Å². The molecule has 0 amide bonds. The molecule has 0 heterocycles. The fraction of sp³-hybridized carbons (Fsp3) is 0.308. The average Bonchev–Trinajstić information content (AvgIpc) is 2.84. The zero-order valence-electron chi connectivity index (χ0n) is 20.6. The molecule has 218 valence electrons. The summed E-state index contributed by atoms with van der Waals surface area (Å²) in [6, 6.07) is 24.0. The second-order valence-corrected chi connectivity index (χ2v) is 12.6. The van der Waals surface area contributed by atoms with Crippen molar-refractivity contribution in [3.63, 3.8) is 0 Å². The van der Waals surface area contributed by atoms with Gasteiger partial charge in [0.2, 0.25) is 0 Å². The molecule has 0 saturated heterocycles. The maximum absolute atomic E-state index is 13.7. The van der Waals surface area contributed by atoms with E-state index in [0.717, 1.165) is 23.3 Å². The van der Waals surface area contributed by atoms with Gasteiger partial charge in [-0.1, -0.05) is 86.6 Å². The third kappa shape index (κ3) is 6.28. The van der Waals surface area contributed by atoms with Gasteiger partial charge in [0.25, 0.3) is 0 Å². The topological polar surface area (TPSA) is 43.4 Å². The summed E-state index contributed by atoms with van der Waals surface area (Å²) >= 11 is 0. The van der Waals surface area contributed by atoms with Gasteiger partial charge in [0.05, 0.1) is 0 Å². The Hall–Kier alpha value is -2.71. The number of halogens is 9. The van der Waals surface area contributed by atoms with Gasteiger partial charge in [-0.3, -0.25) is 0 Å². The minimum Gasteiger partial charge on any atom is -0.189 e. The van der Waals surface area contributed by atoms with Crippen LogP contribution in [0.1, 0.15) is 36.5 Å². The van der Waals surface area contributed by atoms with Crippen LogP contribution in [0.15, 0.2) is 89.8 Å². The first-order chi connectivity index (χ1) is 18.2. The number of alkyl halides is 9. The van der Waals surface area contributed by atoms with Crippen LogP contribution in [0.4, 0.5) is 39.5 Å². The van der Waals surface area contributed by atoms with E-state index in [9.17, 15) is 47.9 Å². The van der Waals surface area contributed by atoms with E-state index in [1.165, 1.54) is 12.1 Å². The monoisotopic (exact) mass is 616 g/mol. The van der Waals surface area contributed by atoms with Gasteiger partial charge in [-0.25, -0.2) is 0 Å². The minimum atomic E-state index is -7.29. The highest BCUT2D eigenvalue weighted by molar-refractivity contribution is 8.70. The van der Waals surface area contributed by atoms with Crippen LogP contribution in [0.25, 0.3) is 0 Å². The molecule has 0 spiro atoms. The van der Waals surface area contributed by atoms with Crippen LogP contribution in [0.3, 0.4) is 0 Å². The summed E-state index contributed by atoms with van der Waals surface area (Å²) in [6.45, 7) is 3.81. The first-order valence-electron chi connectivity index (χ1n) is 11.3. The Labute approximate surface area is 227 Å². The van der Waals surface area contributed by atoms with Crippen molar-refractivity contribution in [1.82, 2.24) is 0 Å². The molecule has 0 atom stereocenters. The molecule has 0 aliphatic carbocycles. The lowest BCUT2D eigenvalue weighted by molar-refractivity contribution is -0.427. The second-order valence-electron chi connectivity index (χ2n) is 9.24. The molecular weight excluding hydrogens is 595 g/mol. The number of benzene rings is 3. The third-order valence-corrected chi connectivity index (χ3v) is 8.58. The van der Waals surface area contributed by atoms with Crippen molar-refractivity contribution in [3.8, 4) is 0 Å². The summed E-state index contributed by atoms with van der Waals surface area (Å²) in [5.41, 5.74) is 1.90. The van der Waals surface area contributed by atoms with Gasteiger partial charge in [-0.15, -0.1) is 0 Å². The first-order valence-corrected chi connectivity index (χ1v) is 14.0. The van der Waals surface area contributed by atoms with Crippen molar-refractivity contribution in [1.29, 1.82) is 0 Å². The van der Waals surface area contributed by atoms with Crippen molar-refractivity contribution in [2.24, 2.45) is 0 Å². The van der Waals surface area contributed by atoms with Crippen LogP contribution in [0, 0.1) is 0 Å². The predicted octanol–water partition coefficient (Wildman–Crippen LogP) is 8.58. The van der Waals surface area contributed by atoms with Crippen LogP contribution in [-0.4, -0.2) is 32.5 Å². The zero-order valence-corrected chi connectivity index (χ0v) is 22.2.